The maximum Gasteiger partial charge on any atom is 0.0931 e. The summed E-state index contributed by atoms with van der Waals surface area (Å²) in [5, 5.41) is 3.49. The minimum Gasteiger partial charge on any atom is -0.345 e. The van der Waals surface area contributed by atoms with Crippen molar-refractivity contribution in [3.63, 3.8) is 0 Å². The van der Waals surface area contributed by atoms with Gasteiger partial charge in [-0.2, -0.15) is 0 Å². The van der Waals surface area contributed by atoms with Crippen molar-refractivity contribution < 1.29 is 0 Å². The molecule has 2 rings (SSSR count). The Kier molecular flexibility index (Phi) is 2.34. The van der Waals surface area contributed by atoms with Crippen LogP contribution < -0.4 is 0 Å². The number of imidazole rings is 1. The number of rotatable bonds is 3. The molecule has 0 bridgehead atoms. The molecule has 5 heteroatoms. The van der Waals surface area contributed by atoms with Crippen LogP contribution in [0.15, 0.2) is 29.6 Å². The Morgan fingerprint density at radius 3 is 3.29 bits per heavy atom. The van der Waals surface area contributed by atoms with E-state index in [2.05, 4.69) is 20.0 Å². The standard InChI is InChI=1S/C9H9N5/c10-14-13-4-3-7-1-2-8-9(5-7)12-6-11-8/h1-2,5-6H,3-4H2,(H,11,12). The Morgan fingerprint density at radius 1 is 1.50 bits per heavy atom. The second-order valence-electron chi connectivity index (χ2n) is 2.96. The molecule has 5 nitrogen and oxygen atoms in total. The van der Waals surface area contributed by atoms with Gasteiger partial charge in [-0.25, -0.2) is 4.98 Å². The maximum atomic E-state index is 8.13. The van der Waals surface area contributed by atoms with Crippen LogP contribution in [0.1, 0.15) is 5.56 Å². The molecule has 0 amide bonds. The number of azide groups is 1. The van der Waals surface area contributed by atoms with Gasteiger partial charge in [0.1, 0.15) is 0 Å². The topological polar surface area (TPSA) is 77.4 Å². The number of nitrogens with zero attached hydrogens (tertiary/aromatic N) is 4. The summed E-state index contributed by atoms with van der Waals surface area (Å²) in [6.45, 7) is 0.496. The Hall–Kier alpha value is -2.00. The highest BCUT2D eigenvalue weighted by atomic mass is 15.1. The first-order valence-electron chi connectivity index (χ1n) is 4.33. The number of benzene rings is 1. The lowest BCUT2D eigenvalue weighted by atomic mass is 10.1. The van der Waals surface area contributed by atoms with E-state index in [1.165, 1.54) is 0 Å². The van der Waals surface area contributed by atoms with Crippen LogP contribution in [-0.2, 0) is 6.42 Å². The van der Waals surface area contributed by atoms with Gasteiger partial charge in [-0.3, -0.25) is 0 Å². The van der Waals surface area contributed by atoms with Gasteiger partial charge >= 0.3 is 0 Å². The third kappa shape index (κ3) is 1.67. The highest BCUT2D eigenvalue weighted by Crippen LogP contribution is 2.11. The molecule has 2 aromatic rings. The SMILES string of the molecule is [N-]=[N+]=NCCc1ccc2nc[nH]c2c1. The van der Waals surface area contributed by atoms with Crippen LogP contribution in [0.3, 0.4) is 0 Å². The fraction of sp³-hybridized carbons (Fsp3) is 0.222. The van der Waals surface area contributed by atoms with E-state index < -0.39 is 0 Å². The van der Waals surface area contributed by atoms with Crippen LogP contribution in [0.5, 0.6) is 0 Å². The monoisotopic (exact) mass is 187 g/mol. The predicted molar refractivity (Wildman–Crippen MR) is 53.8 cm³/mol. The summed E-state index contributed by atoms with van der Waals surface area (Å²) in [5.41, 5.74) is 11.2. The van der Waals surface area contributed by atoms with Gasteiger partial charge < -0.3 is 4.98 Å². The summed E-state index contributed by atoms with van der Waals surface area (Å²) in [7, 11) is 0. The smallest absolute Gasteiger partial charge is 0.0931 e. The van der Waals surface area contributed by atoms with Crippen molar-refractivity contribution in [2.75, 3.05) is 6.54 Å². The van der Waals surface area contributed by atoms with Gasteiger partial charge in [0.05, 0.1) is 17.4 Å². The van der Waals surface area contributed by atoms with Crippen molar-refractivity contribution in [3.8, 4) is 0 Å². The Bertz CT molecular complexity index is 481. The lowest BCUT2D eigenvalue weighted by molar-refractivity contribution is 0.958. The molecular formula is C9H9N5. The summed E-state index contributed by atoms with van der Waals surface area (Å²) < 4.78 is 0. The molecule has 0 fully saturated rings. The molecule has 14 heavy (non-hydrogen) atoms. The first kappa shape index (κ1) is 8.59. The summed E-state index contributed by atoms with van der Waals surface area (Å²) in [6, 6.07) is 5.97. The van der Waals surface area contributed by atoms with E-state index in [0.29, 0.717) is 6.54 Å². The van der Waals surface area contributed by atoms with E-state index in [1.54, 1.807) is 6.33 Å². The fourth-order valence-electron chi connectivity index (χ4n) is 1.36. The van der Waals surface area contributed by atoms with Crippen molar-refractivity contribution >= 4 is 11.0 Å². The van der Waals surface area contributed by atoms with E-state index in [0.717, 1.165) is 23.0 Å². The summed E-state index contributed by atoms with van der Waals surface area (Å²) in [5.74, 6) is 0. The van der Waals surface area contributed by atoms with E-state index in [1.807, 2.05) is 18.2 Å². The Labute approximate surface area is 80.4 Å². The largest absolute Gasteiger partial charge is 0.345 e. The molecule has 1 N–H and O–H groups in total. The first-order chi connectivity index (χ1) is 6.90. The minimum atomic E-state index is 0.496. The second kappa shape index (κ2) is 3.81. The molecule has 0 atom stereocenters. The molecule has 0 aliphatic rings. The lowest BCUT2D eigenvalue weighted by Gasteiger charge is -1.96. The molecule has 0 unspecified atom stereocenters. The molecule has 0 aliphatic heterocycles. The van der Waals surface area contributed by atoms with Gasteiger partial charge in [0.2, 0.25) is 0 Å². The van der Waals surface area contributed by atoms with Crippen LogP contribution in [0, 0.1) is 0 Å². The number of hydrogen-bond acceptors (Lipinski definition) is 2. The molecule has 0 saturated heterocycles. The zero-order valence-corrected chi connectivity index (χ0v) is 7.51. The molecule has 0 aliphatic carbocycles. The highest BCUT2D eigenvalue weighted by molar-refractivity contribution is 5.74. The van der Waals surface area contributed by atoms with Gasteiger partial charge in [0.15, 0.2) is 0 Å². The van der Waals surface area contributed by atoms with Gasteiger partial charge in [0, 0.05) is 11.5 Å². The Morgan fingerprint density at radius 2 is 2.43 bits per heavy atom. The number of aromatic amines is 1. The van der Waals surface area contributed by atoms with E-state index in [4.69, 9.17) is 5.53 Å². The number of H-pyrrole nitrogens is 1. The second-order valence-corrected chi connectivity index (χ2v) is 2.96. The molecule has 0 saturated carbocycles. The van der Waals surface area contributed by atoms with Gasteiger partial charge in [-0.1, -0.05) is 11.2 Å². The zero-order chi connectivity index (χ0) is 9.80. The third-order valence-corrected chi connectivity index (χ3v) is 2.05. The molecule has 1 heterocycles. The number of aromatic nitrogens is 2. The molecule has 70 valence electrons. The number of hydrogen-bond donors (Lipinski definition) is 1. The maximum absolute atomic E-state index is 8.13. The third-order valence-electron chi connectivity index (χ3n) is 2.05. The van der Waals surface area contributed by atoms with Crippen molar-refractivity contribution in [2.45, 2.75) is 6.42 Å². The number of nitrogens with one attached hydrogen (secondary N) is 1. The summed E-state index contributed by atoms with van der Waals surface area (Å²) in [4.78, 5) is 9.86. The quantitative estimate of drug-likeness (QED) is 0.447. The van der Waals surface area contributed by atoms with E-state index in [-0.39, 0.29) is 0 Å². The molecular weight excluding hydrogens is 178 g/mol. The summed E-state index contributed by atoms with van der Waals surface area (Å²) >= 11 is 0. The molecule has 0 spiro atoms. The fourth-order valence-corrected chi connectivity index (χ4v) is 1.36. The van der Waals surface area contributed by atoms with Crippen molar-refractivity contribution in [3.05, 3.63) is 40.5 Å². The average Bonchev–Trinajstić information content (AvgIpc) is 2.65. The first-order valence-corrected chi connectivity index (χ1v) is 4.33. The normalized spacial score (nSPS) is 10.0. The van der Waals surface area contributed by atoms with Crippen LogP contribution in [0.25, 0.3) is 21.5 Å². The lowest BCUT2D eigenvalue weighted by Crippen LogP contribution is -1.87. The summed E-state index contributed by atoms with van der Waals surface area (Å²) in [6.07, 6.45) is 2.43. The minimum absolute atomic E-state index is 0.496. The van der Waals surface area contributed by atoms with Gasteiger partial charge in [-0.05, 0) is 29.6 Å². The van der Waals surface area contributed by atoms with Gasteiger partial charge in [0.25, 0.3) is 0 Å². The van der Waals surface area contributed by atoms with Crippen LogP contribution in [-0.4, -0.2) is 16.5 Å². The van der Waals surface area contributed by atoms with Crippen LogP contribution >= 0.6 is 0 Å². The molecule has 1 aromatic carbocycles. The number of fused-ring (bicyclic) bond motifs is 1. The van der Waals surface area contributed by atoms with Crippen LogP contribution in [0.2, 0.25) is 0 Å². The highest BCUT2D eigenvalue weighted by Gasteiger charge is 1.97. The molecule has 0 radical (unpaired) electrons. The van der Waals surface area contributed by atoms with Crippen molar-refractivity contribution in [1.82, 2.24) is 9.97 Å². The Balaban J connectivity index is 2.21. The van der Waals surface area contributed by atoms with Crippen molar-refractivity contribution in [2.24, 2.45) is 5.11 Å². The van der Waals surface area contributed by atoms with E-state index >= 15 is 0 Å². The predicted octanol–water partition coefficient (Wildman–Crippen LogP) is 2.42. The zero-order valence-electron chi connectivity index (χ0n) is 7.51. The van der Waals surface area contributed by atoms with Crippen LogP contribution in [0.4, 0.5) is 0 Å². The van der Waals surface area contributed by atoms with Crippen molar-refractivity contribution in [1.29, 1.82) is 0 Å². The van der Waals surface area contributed by atoms with Gasteiger partial charge in [-0.15, -0.1) is 0 Å². The molecule has 1 aromatic heterocycles. The average molecular weight is 187 g/mol. The van der Waals surface area contributed by atoms with E-state index in [9.17, 15) is 0 Å².